The Hall–Kier alpha value is -3.56. The average Bonchev–Trinajstić information content (AvgIpc) is 3.25. The molecule has 0 saturated carbocycles. The van der Waals surface area contributed by atoms with Crippen molar-refractivity contribution in [2.45, 2.75) is 25.6 Å². The molecule has 0 radical (unpaired) electrons. The summed E-state index contributed by atoms with van der Waals surface area (Å²) in [6, 6.07) is 16.3. The van der Waals surface area contributed by atoms with Gasteiger partial charge in [0.1, 0.15) is 5.82 Å². The molecule has 2 atom stereocenters. The van der Waals surface area contributed by atoms with Gasteiger partial charge in [0.05, 0.1) is 18.9 Å². The van der Waals surface area contributed by atoms with E-state index in [0.717, 1.165) is 22.1 Å². The van der Waals surface area contributed by atoms with E-state index in [4.69, 9.17) is 9.47 Å². The Kier molecular flexibility index (Phi) is 7.81. The largest absolute Gasteiger partial charge is 0.481 e. The number of aromatic nitrogens is 1. The SMILES string of the molecule is CCOC(C(=O)N(Cc1ccnc(OC)c1)C1C=CS(=O)(=O)C1)c1ccc(-c2ccc(F)cc2)cc1. The molecule has 0 fully saturated rings. The van der Waals surface area contributed by atoms with Crippen LogP contribution in [0.4, 0.5) is 4.39 Å². The number of ether oxygens (including phenoxy) is 2. The lowest BCUT2D eigenvalue weighted by atomic mass is 10.0. The molecule has 1 aromatic heterocycles. The van der Waals surface area contributed by atoms with E-state index in [-0.39, 0.29) is 30.6 Å². The van der Waals surface area contributed by atoms with Gasteiger partial charge in [0, 0.05) is 30.8 Å². The Bertz CT molecular complexity index is 1340. The van der Waals surface area contributed by atoms with Gasteiger partial charge in [-0.3, -0.25) is 4.79 Å². The summed E-state index contributed by atoms with van der Waals surface area (Å²) >= 11 is 0. The van der Waals surface area contributed by atoms with Crippen molar-refractivity contribution in [1.29, 1.82) is 0 Å². The van der Waals surface area contributed by atoms with Gasteiger partial charge < -0.3 is 14.4 Å². The van der Waals surface area contributed by atoms with Gasteiger partial charge in [-0.2, -0.15) is 0 Å². The fourth-order valence-electron chi connectivity index (χ4n) is 4.09. The van der Waals surface area contributed by atoms with Gasteiger partial charge in [-0.05, 0) is 53.5 Å². The molecule has 1 amide bonds. The summed E-state index contributed by atoms with van der Waals surface area (Å²) in [5.41, 5.74) is 3.09. The van der Waals surface area contributed by atoms with Gasteiger partial charge in [0.25, 0.3) is 5.91 Å². The first-order valence-corrected chi connectivity index (χ1v) is 13.2. The molecule has 0 aliphatic carbocycles. The Balaban J connectivity index is 1.64. The number of halogens is 1. The van der Waals surface area contributed by atoms with Gasteiger partial charge in [0.2, 0.25) is 5.88 Å². The van der Waals surface area contributed by atoms with Gasteiger partial charge in [0.15, 0.2) is 15.9 Å². The van der Waals surface area contributed by atoms with Crippen molar-refractivity contribution in [2.75, 3.05) is 19.5 Å². The molecule has 188 valence electrons. The van der Waals surface area contributed by atoms with Crippen LogP contribution in [0.15, 0.2) is 78.3 Å². The van der Waals surface area contributed by atoms with Crippen molar-refractivity contribution < 1.29 is 27.1 Å². The molecule has 0 bridgehead atoms. The second-order valence-corrected chi connectivity index (χ2v) is 10.3. The molecular weight excluding hydrogens is 483 g/mol. The zero-order valence-electron chi connectivity index (χ0n) is 20.0. The summed E-state index contributed by atoms with van der Waals surface area (Å²) in [5, 5.41) is 1.15. The van der Waals surface area contributed by atoms with Crippen LogP contribution in [0.5, 0.6) is 5.88 Å². The standard InChI is InChI=1S/C27H27FN2O5S/c1-3-35-26(22-6-4-20(5-7-22)21-8-10-23(28)11-9-21)27(31)30(24-13-15-36(32,33)18-24)17-19-12-14-29-25(16-19)34-2/h4-16,24,26H,3,17-18H2,1-2H3. The molecular formula is C27H27FN2O5S. The minimum atomic E-state index is -3.40. The molecule has 1 aliphatic rings. The molecule has 1 aliphatic heterocycles. The summed E-state index contributed by atoms with van der Waals surface area (Å²) in [4.78, 5) is 19.5. The third-order valence-electron chi connectivity index (χ3n) is 5.90. The number of carbonyl (C=O) groups is 1. The Morgan fingerprint density at radius 3 is 2.36 bits per heavy atom. The zero-order chi connectivity index (χ0) is 25.7. The van der Waals surface area contributed by atoms with Crippen molar-refractivity contribution in [2.24, 2.45) is 0 Å². The Labute approximate surface area is 210 Å². The molecule has 3 aromatic rings. The summed E-state index contributed by atoms with van der Waals surface area (Å²) in [5.74, 6) is -0.461. The van der Waals surface area contributed by atoms with E-state index in [1.54, 1.807) is 49.5 Å². The molecule has 0 spiro atoms. The number of carbonyl (C=O) groups excluding carboxylic acids is 1. The maximum absolute atomic E-state index is 13.9. The lowest BCUT2D eigenvalue weighted by molar-refractivity contribution is -0.145. The smallest absolute Gasteiger partial charge is 0.257 e. The number of nitrogens with zero attached hydrogens (tertiary/aromatic N) is 2. The quantitative estimate of drug-likeness (QED) is 0.426. The van der Waals surface area contributed by atoms with Crippen LogP contribution in [0.3, 0.4) is 0 Å². The van der Waals surface area contributed by atoms with E-state index in [0.29, 0.717) is 11.4 Å². The van der Waals surface area contributed by atoms with Crippen LogP contribution < -0.4 is 4.74 Å². The first-order valence-electron chi connectivity index (χ1n) is 11.5. The highest BCUT2D eigenvalue weighted by molar-refractivity contribution is 7.94. The number of methoxy groups -OCH3 is 1. The van der Waals surface area contributed by atoms with Crippen molar-refractivity contribution in [3.05, 3.63) is 95.3 Å². The Morgan fingerprint density at radius 1 is 1.11 bits per heavy atom. The molecule has 0 saturated heterocycles. The normalized spacial score (nSPS) is 17.0. The predicted octanol–water partition coefficient (Wildman–Crippen LogP) is 4.31. The highest BCUT2D eigenvalue weighted by Crippen LogP contribution is 2.28. The summed E-state index contributed by atoms with van der Waals surface area (Å²) in [6.45, 7) is 2.23. The van der Waals surface area contributed by atoms with Gasteiger partial charge in [-0.15, -0.1) is 0 Å². The van der Waals surface area contributed by atoms with Crippen LogP contribution >= 0.6 is 0 Å². The third-order valence-corrected chi connectivity index (χ3v) is 7.28. The van der Waals surface area contributed by atoms with Gasteiger partial charge >= 0.3 is 0 Å². The highest BCUT2D eigenvalue weighted by atomic mass is 32.2. The topological polar surface area (TPSA) is 85.8 Å². The Morgan fingerprint density at radius 2 is 1.78 bits per heavy atom. The minimum absolute atomic E-state index is 0.152. The second-order valence-electron chi connectivity index (χ2n) is 8.36. The molecule has 2 aromatic carbocycles. The predicted molar refractivity (Wildman–Crippen MR) is 134 cm³/mol. The van der Waals surface area contributed by atoms with Crippen molar-refractivity contribution in [3.63, 3.8) is 0 Å². The van der Waals surface area contributed by atoms with Gasteiger partial charge in [-0.1, -0.05) is 36.4 Å². The number of hydrogen-bond donors (Lipinski definition) is 0. The monoisotopic (exact) mass is 510 g/mol. The summed E-state index contributed by atoms with van der Waals surface area (Å²) in [7, 11) is -1.90. The van der Waals surface area contributed by atoms with E-state index in [1.807, 2.05) is 12.1 Å². The van der Waals surface area contributed by atoms with Crippen LogP contribution in [0.1, 0.15) is 24.2 Å². The number of hydrogen-bond acceptors (Lipinski definition) is 6. The number of sulfone groups is 1. The molecule has 9 heteroatoms. The van der Waals surface area contributed by atoms with Crippen molar-refractivity contribution in [1.82, 2.24) is 9.88 Å². The van der Waals surface area contributed by atoms with E-state index < -0.39 is 22.0 Å². The number of benzene rings is 2. The first kappa shape index (κ1) is 25.5. The van der Waals surface area contributed by atoms with Crippen LogP contribution in [-0.4, -0.2) is 49.7 Å². The summed E-state index contributed by atoms with van der Waals surface area (Å²) < 4.78 is 48.7. The fraction of sp³-hybridized carbons (Fsp3) is 0.259. The fourth-order valence-corrected chi connectivity index (χ4v) is 5.39. The van der Waals surface area contributed by atoms with Crippen molar-refractivity contribution >= 4 is 15.7 Å². The van der Waals surface area contributed by atoms with E-state index in [1.165, 1.54) is 30.2 Å². The lowest BCUT2D eigenvalue weighted by Crippen LogP contribution is -2.43. The molecule has 7 nitrogen and oxygen atoms in total. The van der Waals surface area contributed by atoms with Crippen molar-refractivity contribution in [3.8, 4) is 17.0 Å². The van der Waals surface area contributed by atoms with Crippen LogP contribution in [0, 0.1) is 5.82 Å². The molecule has 36 heavy (non-hydrogen) atoms. The maximum atomic E-state index is 13.9. The van der Waals surface area contributed by atoms with E-state index in [2.05, 4.69) is 4.98 Å². The van der Waals surface area contributed by atoms with Crippen LogP contribution in [0.2, 0.25) is 0 Å². The van der Waals surface area contributed by atoms with Gasteiger partial charge in [-0.25, -0.2) is 17.8 Å². The average molecular weight is 511 g/mol. The minimum Gasteiger partial charge on any atom is -0.481 e. The molecule has 4 rings (SSSR count). The molecule has 0 N–H and O–H groups in total. The number of amides is 1. The summed E-state index contributed by atoms with van der Waals surface area (Å²) in [6.07, 6.45) is 2.18. The van der Waals surface area contributed by atoms with E-state index >= 15 is 0 Å². The second kappa shape index (κ2) is 11.0. The first-order chi connectivity index (χ1) is 17.3. The van der Waals surface area contributed by atoms with Crippen LogP contribution in [-0.2, 0) is 25.9 Å². The third kappa shape index (κ3) is 5.98. The van der Waals surface area contributed by atoms with Crippen LogP contribution in [0.25, 0.3) is 11.1 Å². The molecule has 2 heterocycles. The number of pyridine rings is 1. The lowest BCUT2D eigenvalue weighted by Gasteiger charge is -2.31. The zero-order valence-corrected chi connectivity index (χ0v) is 20.8. The van der Waals surface area contributed by atoms with E-state index in [9.17, 15) is 17.6 Å². The highest BCUT2D eigenvalue weighted by Gasteiger charge is 2.35. The molecule has 2 unspecified atom stereocenters. The maximum Gasteiger partial charge on any atom is 0.257 e. The number of rotatable bonds is 9.